The predicted octanol–water partition coefficient (Wildman–Crippen LogP) is 0.960. The van der Waals surface area contributed by atoms with Crippen molar-refractivity contribution in [3.63, 3.8) is 0 Å². The highest BCUT2D eigenvalue weighted by atomic mass is 16.5. The molecule has 1 amide bonds. The maximum absolute atomic E-state index is 13.4. The van der Waals surface area contributed by atoms with E-state index in [9.17, 15) is 4.79 Å². The molecule has 0 bridgehead atoms. The van der Waals surface area contributed by atoms with Gasteiger partial charge in [-0.3, -0.25) is 9.69 Å². The zero-order valence-electron chi connectivity index (χ0n) is 18.4. The van der Waals surface area contributed by atoms with Crippen LogP contribution in [0.3, 0.4) is 0 Å². The molecule has 3 saturated heterocycles. The molecule has 0 aliphatic carbocycles. The van der Waals surface area contributed by atoms with Crippen LogP contribution >= 0.6 is 0 Å². The Morgan fingerprint density at radius 3 is 2.50 bits per heavy atom. The van der Waals surface area contributed by atoms with E-state index in [1.54, 1.807) is 6.33 Å². The molecule has 2 N–H and O–H groups in total. The van der Waals surface area contributed by atoms with Gasteiger partial charge in [0.15, 0.2) is 0 Å². The Hall–Kier alpha value is -1.77. The zero-order chi connectivity index (χ0) is 21.1. The second-order valence-corrected chi connectivity index (χ2v) is 9.05. The van der Waals surface area contributed by atoms with E-state index in [2.05, 4.69) is 31.6 Å². The van der Waals surface area contributed by atoms with Crippen molar-refractivity contribution in [3.8, 4) is 0 Å². The lowest BCUT2D eigenvalue weighted by Gasteiger charge is -2.39. The van der Waals surface area contributed by atoms with Crippen molar-refractivity contribution in [2.75, 3.05) is 57.4 Å². The molecule has 0 saturated carbocycles. The van der Waals surface area contributed by atoms with Crippen molar-refractivity contribution in [1.82, 2.24) is 19.8 Å². The van der Waals surface area contributed by atoms with Crippen LogP contribution in [0, 0.1) is 19.8 Å². The van der Waals surface area contributed by atoms with Crippen LogP contribution in [0.2, 0.25) is 0 Å². The molecule has 4 heterocycles. The Kier molecular flexibility index (Phi) is 6.85. The van der Waals surface area contributed by atoms with E-state index in [4.69, 9.17) is 10.5 Å². The monoisotopic (exact) mass is 416 g/mol. The SMILES string of the molecule is Cc1ncnc(N2CCN(C(=O)[C@@H]3CC[C@H](N)CN(C4CCOCC4)C3)CC2)c1C. The van der Waals surface area contributed by atoms with Crippen LogP contribution in [0.15, 0.2) is 6.33 Å². The molecule has 166 valence electrons. The van der Waals surface area contributed by atoms with Gasteiger partial charge in [0.25, 0.3) is 0 Å². The third-order valence-electron chi connectivity index (χ3n) is 7.07. The summed E-state index contributed by atoms with van der Waals surface area (Å²) < 4.78 is 5.53. The van der Waals surface area contributed by atoms with Crippen LogP contribution in [0.4, 0.5) is 5.82 Å². The number of likely N-dealkylation sites (tertiary alicyclic amines) is 1. The third-order valence-corrected chi connectivity index (χ3v) is 7.07. The lowest BCUT2D eigenvalue weighted by Crippen LogP contribution is -2.52. The maximum atomic E-state index is 13.4. The van der Waals surface area contributed by atoms with Crippen LogP contribution in [0.5, 0.6) is 0 Å². The first kappa shape index (κ1) is 21.5. The van der Waals surface area contributed by atoms with E-state index < -0.39 is 0 Å². The fourth-order valence-electron chi connectivity index (χ4n) is 5.05. The van der Waals surface area contributed by atoms with E-state index in [1.807, 2.05) is 6.92 Å². The molecular weight excluding hydrogens is 380 g/mol. The number of nitrogens with two attached hydrogens (primary N) is 1. The minimum atomic E-state index is 0.0518. The number of piperazine rings is 1. The number of carbonyl (C=O) groups is 1. The van der Waals surface area contributed by atoms with Gasteiger partial charge in [-0.2, -0.15) is 0 Å². The number of carbonyl (C=O) groups excluding carboxylic acids is 1. The van der Waals surface area contributed by atoms with Crippen LogP contribution in [0.1, 0.15) is 36.9 Å². The summed E-state index contributed by atoms with van der Waals surface area (Å²) in [6.07, 6.45) is 5.54. The molecule has 0 aromatic carbocycles. The summed E-state index contributed by atoms with van der Waals surface area (Å²) in [4.78, 5) is 29.0. The number of amides is 1. The summed E-state index contributed by atoms with van der Waals surface area (Å²) in [5, 5.41) is 0. The van der Waals surface area contributed by atoms with Gasteiger partial charge >= 0.3 is 0 Å². The first-order valence-electron chi connectivity index (χ1n) is 11.4. The molecule has 1 aromatic rings. The Morgan fingerprint density at radius 2 is 1.77 bits per heavy atom. The van der Waals surface area contributed by atoms with Crippen molar-refractivity contribution < 1.29 is 9.53 Å². The Labute approximate surface area is 179 Å². The zero-order valence-corrected chi connectivity index (χ0v) is 18.4. The molecule has 3 aliphatic rings. The molecule has 30 heavy (non-hydrogen) atoms. The van der Waals surface area contributed by atoms with Gasteiger partial charge in [0.05, 0.1) is 5.92 Å². The topological polar surface area (TPSA) is 87.8 Å². The molecule has 3 aliphatic heterocycles. The summed E-state index contributed by atoms with van der Waals surface area (Å²) in [7, 11) is 0. The fraction of sp³-hybridized carbons (Fsp3) is 0.773. The van der Waals surface area contributed by atoms with Gasteiger partial charge in [-0.1, -0.05) is 0 Å². The highest BCUT2D eigenvalue weighted by Crippen LogP contribution is 2.25. The number of aryl methyl sites for hydroxylation is 1. The highest BCUT2D eigenvalue weighted by molar-refractivity contribution is 5.79. The van der Waals surface area contributed by atoms with E-state index in [0.29, 0.717) is 11.9 Å². The second-order valence-electron chi connectivity index (χ2n) is 9.05. The summed E-state index contributed by atoms with van der Waals surface area (Å²) in [5.41, 5.74) is 8.51. The van der Waals surface area contributed by atoms with E-state index in [0.717, 1.165) is 95.2 Å². The Morgan fingerprint density at radius 1 is 1.03 bits per heavy atom. The number of aromatic nitrogens is 2. The molecule has 1 aromatic heterocycles. The molecule has 0 spiro atoms. The lowest BCUT2D eigenvalue weighted by molar-refractivity contribution is -0.136. The highest BCUT2D eigenvalue weighted by Gasteiger charge is 2.34. The summed E-state index contributed by atoms with van der Waals surface area (Å²) >= 11 is 0. The molecule has 2 atom stereocenters. The number of rotatable bonds is 3. The summed E-state index contributed by atoms with van der Waals surface area (Å²) in [6.45, 7) is 10.6. The van der Waals surface area contributed by atoms with Crippen LogP contribution in [-0.4, -0.2) is 90.2 Å². The standard InChI is InChI=1S/C22H36N6O2/c1-16-17(2)24-15-25-21(16)26-7-9-27(10-8-26)22(29)18-3-4-19(23)14-28(13-18)20-5-11-30-12-6-20/h15,18-20H,3-14,23H2,1-2H3/t18-,19+/m1/s1. The number of hydrogen-bond acceptors (Lipinski definition) is 7. The average Bonchev–Trinajstić information content (AvgIpc) is 2.98. The molecule has 4 rings (SSSR count). The Bertz CT molecular complexity index is 730. The Balaban J connectivity index is 1.37. The third kappa shape index (κ3) is 4.76. The van der Waals surface area contributed by atoms with Gasteiger partial charge in [0, 0.05) is 75.8 Å². The normalized spacial score (nSPS) is 27.2. The smallest absolute Gasteiger partial charge is 0.227 e. The molecule has 3 fully saturated rings. The van der Waals surface area contributed by atoms with Gasteiger partial charge < -0.3 is 20.3 Å². The maximum Gasteiger partial charge on any atom is 0.227 e. The van der Waals surface area contributed by atoms with Gasteiger partial charge in [-0.05, 0) is 39.5 Å². The van der Waals surface area contributed by atoms with Crippen molar-refractivity contribution in [2.24, 2.45) is 11.7 Å². The molecule has 0 unspecified atom stereocenters. The summed E-state index contributed by atoms with van der Waals surface area (Å²) in [5.74, 6) is 1.35. The first-order valence-corrected chi connectivity index (χ1v) is 11.4. The quantitative estimate of drug-likeness (QED) is 0.785. The number of ether oxygens (including phenoxy) is 1. The van der Waals surface area contributed by atoms with Crippen LogP contribution in [0.25, 0.3) is 0 Å². The van der Waals surface area contributed by atoms with E-state index in [1.165, 1.54) is 0 Å². The van der Waals surface area contributed by atoms with Gasteiger partial charge in [-0.15, -0.1) is 0 Å². The van der Waals surface area contributed by atoms with Crippen molar-refractivity contribution in [3.05, 3.63) is 17.6 Å². The summed E-state index contributed by atoms with van der Waals surface area (Å²) in [6, 6.07) is 0.658. The lowest BCUT2D eigenvalue weighted by atomic mass is 9.99. The van der Waals surface area contributed by atoms with Crippen LogP contribution < -0.4 is 10.6 Å². The first-order chi connectivity index (χ1) is 14.5. The van der Waals surface area contributed by atoms with Gasteiger partial charge in [0.1, 0.15) is 12.1 Å². The minimum Gasteiger partial charge on any atom is -0.381 e. The number of nitrogens with zero attached hydrogens (tertiary/aromatic N) is 5. The molecule has 0 radical (unpaired) electrons. The van der Waals surface area contributed by atoms with E-state index in [-0.39, 0.29) is 12.0 Å². The predicted molar refractivity (Wildman–Crippen MR) is 116 cm³/mol. The number of hydrogen-bond donors (Lipinski definition) is 1. The van der Waals surface area contributed by atoms with Gasteiger partial charge in [0.2, 0.25) is 5.91 Å². The van der Waals surface area contributed by atoms with Crippen molar-refractivity contribution >= 4 is 11.7 Å². The van der Waals surface area contributed by atoms with Gasteiger partial charge in [-0.25, -0.2) is 9.97 Å². The largest absolute Gasteiger partial charge is 0.381 e. The van der Waals surface area contributed by atoms with Crippen LogP contribution in [-0.2, 0) is 9.53 Å². The number of anilines is 1. The molecule has 8 nitrogen and oxygen atoms in total. The van der Waals surface area contributed by atoms with Crippen molar-refractivity contribution in [2.45, 2.75) is 51.6 Å². The molecule has 8 heteroatoms. The van der Waals surface area contributed by atoms with Crippen molar-refractivity contribution in [1.29, 1.82) is 0 Å². The molecular formula is C22H36N6O2. The average molecular weight is 417 g/mol. The minimum absolute atomic E-state index is 0.0518. The van der Waals surface area contributed by atoms with E-state index >= 15 is 0 Å². The fourth-order valence-corrected chi connectivity index (χ4v) is 5.05. The second kappa shape index (κ2) is 9.58.